The SMILES string of the molecule is CC(C)C(CO)NS(=O)(=O)CCC(=O)O. The summed E-state index contributed by atoms with van der Waals surface area (Å²) in [7, 11) is -3.62. The van der Waals surface area contributed by atoms with Gasteiger partial charge in [0.2, 0.25) is 10.0 Å². The predicted molar refractivity (Wildman–Crippen MR) is 54.9 cm³/mol. The van der Waals surface area contributed by atoms with Crippen molar-refractivity contribution < 1.29 is 23.4 Å². The molecule has 0 rings (SSSR count). The fraction of sp³-hybridized carbons (Fsp3) is 0.875. The maximum absolute atomic E-state index is 11.3. The van der Waals surface area contributed by atoms with Gasteiger partial charge in [0, 0.05) is 6.04 Å². The van der Waals surface area contributed by atoms with E-state index in [9.17, 15) is 13.2 Å². The van der Waals surface area contributed by atoms with Crippen molar-refractivity contribution in [2.75, 3.05) is 12.4 Å². The van der Waals surface area contributed by atoms with E-state index >= 15 is 0 Å². The van der Waals surface area contributed by atoms with Crippen molar-refractivity contribution in [3.63, 3.8) is 0 Å². The standard InChI is InChI=1S/C8H17NO5S/c1-6(2)7(5-10)9-15(13,14)4-3-8(11)12/h6-7,9-10H,3-5H2,1-2H3,(H,11,12). The van der Waals surface area contributed by atoms with Crippen LogP contribution in [0.4, 0.5) is 0 Å². The fourth-order valence-corrected chi connectivity index (χ4v) is 2.26. The van der Waals surface area contributed by atoms with Crippen LogP contribution in [0.5, 0.6) is 0 Å². The van der Waals surface area contributed by atoms with Gasteiger partial charge >= 0.3 is 5.97 Å². The Morgan fingerprint density at radius 1 is 1.40 bits per heavy atom. The topological polar surface area (TPSA) is 104 Å². The molecule has 0 heterocycles. The summed E-state index contributed by atoms with van der Waals surface area (Å²) >= 11 is 0. The number of carboxylic acid groups (broad SMARTS) is 1. The molecule has 0 radical (unpaired) electrons. The van der Waals surface area contributed by atoms with Crippen LogP contribution in [0.25, 0.3) is 0 Å². The van der Waals surface area contributed by atoms with Crippen LogP contribution in [0, 0.1) is 5.92 Å². The van der Waals surface area contributed by atoms with Crippen LogP contribution in [0.1, 0.15) is 20.3 Å². The molecule has 1 atom stereocenters. The van der Waals surface area contributed by atoms with Crippen LogP contribution in [0.2, 0.25) is 0 Å². The number of aliphatic carboxylic acids is 1. The third-order valence-corrected chi connectivity index (χ3v) is 3.32. The molecule has 7 heteroatoms. The highest BCUT2D eigenvalue weighted by atomic mass is 32.2. The highest BCUT2D eigenvalue weighted by Crippen LogP contribution is 2.03. The predicted octanol–water partition coefficient (Wildman–Crippen LogP) is -0.603. The number of rotatable bonds is 7. The minimum atomic E-state index is -3.62. The molecule has 0 aliphatic heterocycles. The lowest BCUT2D eigenvalue weighted by Gasteiger charge is -2.19. The smallest absolute Gasteiger partial charge is 0.304 e. The third-order valence-electron chi connectivity index (χ3n) is 1.92. The molecule has 0 aromatic rings. The van der Waals surface area contributed by atoms with Gasteiger partial charge in [-0.05, 0) is 5.92 Å². The Morgan fingerprint density at radius 3 is 2.27 bits per heavy atom. The van der Waals surface area contributed by atoms with E-state index in [4.69, 9.17) is 10.2 Å². The van der Waals surface area contributed by atoms with E-state index in [1.165, 1.54) is 0 Å². The van der Waals surface area contributed by atoms with Gasteiger partial charge in [-0.25, -0.2) is 13.1 Å². The fourth-order valence-electron chi connectivity index (χ4n) is 0.895. The summed E-state index contributed by atoms with van der Waals surface area (Å²) in [6, 6.07) is -0.566. The van der Waals surface area contributed by atoms with E-state index in [1.807, 2.05) is 0 Å². The van der Waals surface area contributed by atoms with Crippen molar-refractivity contribution in [3.8, 4) is 0 Å². The van der Waals surface area contributed by atoms with Crippen molar-refractivity contribution >= 4 is 16.0 Å². The summed E-state index contributed by atoms with van der Waals surface area (Å²) < 4.78 is 24.9. The quantitative estimate of drug-likeness (QED) is 0.550. The lowest BCUT2D eigenvalue weighted by atomic mass is 10.1. The Balaban J connectivity index is 4.29. The van der Waals surface area contributed by atoms with Crippen molar-refractivity contribution in [1.29, 1.82) is 0 Å². The van der Waals surface area contributed by atoms with Gasteiger partial charge in [0.25, 0.3) is 0 Å². The van der Waals surface area contributed by atoms with Crippen LogP contribution in [-0.4, -0.2) is 43.0 Å². The second-order valence-corrected chi connectivity index (χ2v) is 5.49. The Hall–Kier alpha value is -0.660. The van der Waals surface area contributed by atoms with E-state index in [0.29, 0.717) is 0 Å². The molecule has 6 nitrogen and oxygen atoms in total. The Morgan fingerprint density at radius 2 is 1.93 bits per heavy atom. The Bertz CT molecular complexity index is 298. The van der Waals surface area contributed by atoms with E-state index < -0.39 is 34.2 Å². The molecule has 0 amide bonds. The van der Waals surface area contributed by atoms with Crippen molar-refractivity contribution in [2.24, 2.45) is 5.92 Å². The molecule has 1 unspecified atom stereocenters. The maximum Gasteiger partial charge on any atom is 0.304 e. The average molecular weight is 239 g/mol. The summed E-state index contributed by atoms with van der Waals surface area (Å²) in [6.45, 7) is 3.23. The molecule has 0 aromatic carbocycles. The first-order valence-electron chi connectivity index (χ1n) is 4.61. The molecular weight excluding hydrogens is 222 g/mol. The third kappa shape index (κ3) is 6.43. The number of hydrogen-bond donors (Lipinski definition) is 3. The zero-order chi connectivity index (χ0) is 12.1. The molecule has 0 spiro atoms. The first-order valence-corrected chi connectivity index (χ1v) is 6.26. The number of sulfonamides is 1. The molecule has 0 saturated carbocycles. The summed E-state index contributed by atoms with van der Waals surface area (Å²) in [4.78, 5) is 10.2. The second-order valence-electron chi connectivity index (χ2n) is 3.61. The number of carboxylic acids is 1. The van der Waals surface area contributed by atoms with Gasteiger partial charge < -0.3 is 10.2 Å². The molecule has 0 aliphatic carbocycles. The minimum Gasteiger partial charge on any atom is -0.481 e. The number of hydrogen-bond acceptors (Lipinski definition) is 4. The van der Waals surface area contributed by atoms with E-state index in [1.54, 1.807) is 13.8 Å². The minimum absolute atomic E-state index is 0.0467. The zero-order valence-corrected chi connectivity index (χ0v) is 9.62. The van der Waals surface area contributed by atoms with Gasteiger partial charge in [0.05, 0.1) is 18.8 Å². The monoisotopic (exact) mass is 239 g/mol. The number of aliphatic hydroxyl groups excluding tert-OH is 1. The van der Waals surface area contributed by atoms with Gasteiger partial charge in [-0.3, -0.25) is 4.79 Å². The van der Waals surface area contributed by atoms with Gasteiger partial charge in [-0.1, -0.05) is 13.8 Å². The molecule has 90 valence electrons. The van der Waals surface area contributed by atoms with Crippen molar-refractivity contribution in [2.45, 2.75) is 26.3 Å². The molecule has 0 aromatic heterocycles. The summed E-state index contributed by atoms with van der Waals surface area (Å²) in [6.07, 6.45) is -0.439. The van der Waals surface area contributed by atoms with Crippen LogP contribution < -0.4 is 4.72 Å². The van der Waals surface area contributed by atoms with Crippen LogP contribution >= 0.6 is 0 Å². The van der Waals surface area contributed by atoms with Crippen molar-refractivity contribution in [3.05, 3.63) is 0 Å². The van der Waals surface area contributed by atoms with Crippen LogP contribution in [-0.2, 0) is 14.8 Å². The van der Waals surface area contributed by atoms with Crippen molar-refractivity contribution in [1.82, 2.24) is 4.72 Å². The highest BCUT2D eigenvalue weighted by Gasteiger charge is 2.20. The maximum atomic E-state index is 11.3. The first-order chi connectivity index (χ1) is 6.78. The van der Waals surface area contributed by atoms with Crippen LogP contribution in [0.15, 0.2) is 0 Å². The molecular formula is C8H17NO5S. The molecule has 0 saturated heterocycles. The summed E-state index contributed by atoms with van der Waals surface area (Å²) in [5, 5.41) is 17.2. The van der Waals surface area contributed by atoms with Gasteiger partial charge in [-0.2, -0.15) is 0 Å². The Labute approximate surface area is 89.4 Å². The Kier molecular flexibility index (Phi) is 5.77. The average Bonchev–Trinajstić information content (AvgIpc) is 2.11. The van der Waals surface area contributed by atoms with Gasteiger partial charge in [-0.15, -0.1) is 0 Å². The zero-order valence-electron chi connectivity index (χ0n) is 8.80. The molecule has 0 fully saturated rings. The lowest BCUT2D eigenvalue weighted by Crippen LogP contribution is -2.42. The van der Waals surface area contributed by atoms with Gasteiger partial charge in [0.1, 0.15) is 0 Å². The number of aliphatic hydroxyl groups is 1. The number of carbonyl (C=O) groups is 1. The molecule has 15 heavy (non-hydrogen) atoms. The largest absolute Gasteiger partial charge is 0.481 e. The van der Waals surface area contributed by atoms with E-state index in [0.717, 1.165) is 0 Å². The molecule has 0 bridgehead atoms. The van der Waals surface area contributed by atoms with E-state index in [2.05, 4.69) is 4.72 Å². The second kappa shape index (κ2) is 6.04. The van der Waals surface area contributed by atoms with E-state index in [-0.39, 0.29) is 12.5 Å². The molecule has 0 aliphatic rings. The normalized spacial score (nSPS) is 14.1. The summed E-state index contributed by atoms with van der Waals surface area (Å²) in [5.41, 5.74) is 0. The summed E-state index contributed by atoms with van der Waals surface area (Å²) in [5.74, 6) is -1.67. The first kappa shape index (κ1) is 14.3. The molecule has 3 N–H and O–H groups in total. The lowest BCUT2D eigenvalue weighted by molar-refractivity contribution is -0.136. The highest BCUT2D eigenvalue weighted by molar-refractivity contribution is 7.89. The number of nitrogens with one attached hydrogen (secondary N) is 1. The van der Waals surface area contributed by atoms with Gasteiger partial charge in [0.15, 0.2) is 0 Å². The van der Waals surface area contributed by atoms with Crippen LogP contribution in [0.3, 0.4) is 0 Å².